The van der Waals surface area contributed by atoms with E-state index < -0.39 is 0 Å². The van der Waals surface area contributed by atoms with Crippen LogP contribution in [-0.4, -0.2) is 17.7 Å². The smallest absolute Gasteiger partial charge is 0.152 e. The number of carbonyl (C=O) groups excluding carboxylic acids is 1. The van der Waals surface area contributed by atoms with Gasteiger partial charge >= 0.3 is 0 Å². The molecule has 0 bridgehead atoms. The Kier molecular flexibility index (Phi) is 3.36. The van der Waals surface area contributed by atoms with Crippen molar-refractivity contribution in [1.82, 2.24) is 0 Å². The van der Waals surface area contributed by atoms with Crippen LogP contribution >= 0.6 is 15.9 Å². The minimum absolute atomic E-state index is 0.0966. The number of halogens is 1. The Morgan fingerprint density at radius 2 is 2.11 bits per heavy atom. The Morgan fingerprint density at radius 1 is 1.67 bits per heavy atom. The predicted octanol–water partition coefficient (Wildman–Crippen LogP) is 0.935. The third kappa shape index (κ3) is 2.45. The van der Waals surface area contributed by atoms with Crippen molar-refractivity contribution in [3.05, 3.63) is 0 Å². The molecule has 0 fully saturated rings. The standard InChI is InChI=1S/C6H12BrNO/c1-6(2,4-7)5(9)3-8/h3-4,8H2,1-2H3. The zero-order chi connectivity index (χ0) is 7.49. The number of carbonyl (C=O) groups is 1. The number of rotatable bonds is 3. The normalized spacial score (nSPS) is 11.6. The highest BCUT2D eigenvalue weighted by Gasteiger charge is 2.23. The van der Waals surface area contributed by atoms with E-state index in [-0.39, 0.29) is 17.7 Å². The van der Waals surface area contributed by atoms with Crippen LogP contribution in [0.3, 0.4) is 0 Å². The van der Waals surface area contributed by atoms with Crippen molar-refractivity contribution >= 4 is 21.7 Å². The van der Waals surface area contributed by atoms with Gasteiger partial charge in [0.25, 0.3) is 0 Å². The van der Waals surface area contributed by atoms with E-state index in [0.29, 0.717) is 5.33 Å². The van der Waals surface area contributed by atoms with Gasteiger partial charge in [0.15, 0.2) is 5.78 Å². The molecule has 0 spiro atoms. The molecule has 0 radical (unpaired) electrons. The van der Waals surface area contributed by atoms with Crippen LogP contribution in [0.4, 0.5) is 0 Å². The van der Waals surface area contributed by atoms with Crippen molar-refractivity contribution in [2.75, 3.05) is 11.9 Å². The van der Waals surface area contributed by atoms with Gasteiger partial charge in [0.2, 0.25) is 0 Å². The van der Waals surface area contributed by atoms with Crippen molar-refractivity contribution in [3.8, 4) is 0 Å². The van der Waals surface area contributed by atoms with Crippen LogP contribution in [-0.2, 0) is 4.79 Å². The lowest BCUT2D eigenvalue weighted by Gasteiger charge is -2.17. The number of alkyl halides is 1. The minimum atomic E-state index is -0.297. The third-order valence-corrected chi connectivity index (χ3v) is 2.68. The molecular weight excluding hydrogens is 182 g/mol. The van der Waals surface area contributed by atoms with Gasteiger partial charge in [-0.05, 0) is 0 Å². The molecule has 0 saturated heterocycles. The molecule has 0 aliphatic carbocycles. The number of ketones is 1. The summed E-state index contributed by atoms with van der Waals surface area (Å²) < 4.78 is 0. The van der Waals surface area contributed by atoms with Crippen LogP contribution in [0.1, 0.15) is 13.8 Å². The highest BCUT2D eigenvalue weighted by atomic mass is 79.9. The monoisotopic (exact) mass is 193 g/mol. The van der Waals surface area contributed by atoms with E-state index in [1.165, 1.54) is 0 Å². The maximum absolute atomic E-state index is 10.9. The van der Waals surface area contributed by atoms with Crippen LogP contribution < -0.4 is 5.73 Å². The molecule has 0 aromatic carbocycles. The van der Waals surface area contributed by atoms with Gasteiger partial charge in [-0.2, -0.15) is 0 Å². The van der Waals surface area contributed by atoms with E-state index in [1.807, 2.05) is 13.8 Å². The molecule has 0 aromatic heterocycles. The van der Waals surface area contributed by atoms with E-state index >= 15 is 0 Å². The second kappa shape index (κ2) is 3.32. The van der Waals surface area contributed by atoms with Crippen molar-refractivity contribution in [2.24, 2.45) is 11.1 Å². The van der Waals surface area contributed by atoms with Crippen molar-refractivity contribution in [1.29, 1.82) is 0 Å². The lowest BCUT2D eigenvalue weighted by molar-refractivity contribution is -0.124. The van der Waals surface area contributed by atoms with Crippen molar-refractivity contribution < 1.29 is 4.79 Å². The molecule has 9 heavy (non-hydrogen) atoms. The number of hydrogen-bond donors (Lipinski definition) is 1. The summed E-state index contributed by atoms with van der Waals surface area (Å²) in [5, 5.41) is 0.677. The molecule has 0 rings (SSSR count). The van der Waals surface area contributed by atoms with E-state index in [2.05, 4.69) is 15.9 Å². The summed E-state index contributed by atoms with van der Waals surface area (Å²) in [7, 11) is 0. The molecule has 3 heteroatoms. The topological polar surface area (TPSA) is 43.1 Å². The second-order valence-electron chi connectivity index (χ2n) is 2.64. The quantitative estimate of drug-likeness (QED) is 0.679. The van der Waals surface area contributed by atoms with Gasteiger partial charge < -0.3 is 5.73 Å². The molecule has 0 unspecified atom stereocenters. The first-order chi connectivity index (χ1) is 4.04. The molecule has 0 aliphatic rings. The molecule has 0 aliphatic heterocycles. The maximum Gasteiger partial charge on any atom is 0.152 e. The molecule has 2 N–H and O–H groups in total. The van der Waals surface area contributed by atoms with Crippen LogP contribution in [0.5, 0.6) is 0 Å². The fraction of sp³-hybridized carbons (Fsp3) is 0.833. The molecule has 0 atom stereocenters. The first-order valence-corrected chi connectivity index (χ1v) is 3.96. The highest BCUT2D eigenvalue weighted by Crippen LogP contribution is 2.18. The molecule has 0 aromatic rings. The van der Waals surface area contributed by atoms with Gasteiger partial charge in [0.1, 0.15) is 0 Å². The Morgan fingerprint density at radius 3 is 2.22 bits per heavy atom. The van der Waals surface area contributed by atoms with Gasteiger partial charge in [0, 0.05) is 10.7 Å². The number of hydrogen-bond acceptors (Lipinski definition) is 2. The van der Waals surface area contributed by atoms with E-state index in [0.717, 1.165) is 0 Å². The molecule has 0 amide bonds. The zero-order valence-corrected chi connectivity index (χ0v) is 7.36. The molecule has 2 nitrogen and oxygen atoms in total. The zero-order valence-electron chi connectivity index (χ0n) is 5.78. The fourth-order valence-corrected chi connectivity index (χ4v) is 0.664. The minimum Gasteiger partial charge on any atom is -0.324 e. The van der Waals surface area contributed by atoms with Crippen LogP contribution in [0, 0.1) is 5.41 Å². The lowest BCUT2D eigenvalue weighted by atomic mass is 9.91. The summed E-state index contributed by atoms with van der Waals surface area (Å²) in [6.07, 6.45) is 0. The van der Waals surface area contributed by atoms with Gasteiger partial charge in [0.05, 0.1) is 6.54 Å². The Labute approximate surface area is 63.9 Å². The molecule has 54 valence electrons. The van der Waals surface area contributed by atoms with Gasteiger partial charge in [-0.15, -0.1) is 0 Å². The number of Topliss-reactive ketones (excluding diaryl/α,β-unsaturated/α-hetero) is 1. The first kappa shape index (κ1) is 9.11. The number of nitrogens with two attached hydrogens (primary N) is 1. The summed E-state index contributed by atoms with van der Waals surface area (Å²) in [4.78, 5) is 10.9. The average Bonchev–Trinajstić information content (AvgIpc) is 1.86. The summed E-state index contributed by atoms with van der Waals surface area (Å²) in [6, 6.07) is 0. The molecular formula is C6H12BrNO. The SMILES string of the molecule is CC(C)(CBr)C(=O)CN. The average molecular weight is 194 g/mol. The van der Waals surface area contributed by atoms with E-state index in [9.17, 15) is 4.79 Å². The highest BCUT2D eigenvalue weighted by molar-refractivity contribution is 9.09. The fourth-order valence-electron chi connectivity index (χ4n) is 0.351. The van der Waals surface area contributed by atoms with Crippen LogP contribution in [0.25, 0.3) is 0 Å². The lowest BCUT2D eigenvalue weighted by Crippen LogP contribution is -2.31. The maximum atomic E-state index is 10.9. The van der Waals surface area contributed by atoms with Crippen LogP contribution in [0.2, 0.25) is 0 Å². The summed E-state index contributed by atoms with van der Waals surface area (Å²) in [5.74, 6) is 0.0966. The second-order valence-corrected chi connectivity index (χ2v) is 3.21. The Balaban J connectivity index is 3.97. The summed E-state index contributed by atoms with van der Waals surface area (Å²) >= 11 is 3.24. The van der Waals surface area contributed by atoms with Crippen LogP contribution in [0.15, 0.2) is 0 Å². The molecule has 0 heterocycles. The summed E-state index contributed by atoms with van der Waals surface area (Å²) in [5.41, 5.74) is 4.87. The predicted molar refractivity (Wildman–Crippen MR) is 41.6 cm³/mol. The largest absolute Gasteiger partial charge is 0.324 e. The van der Waals surface area contributed by atoms with Gasteiger partial charge in [-0.3, -0.25) is 4.79 Å². The Bertz CT molecular complexity index is 112. The first-order valence-electron chi connectivity index (χ1n) is 2.84. The third-order valence-electron chi connectivity index (χ3n) is 1.27. The van der Waals surface area contributed by atoms with Gasteiger partial charge in [-0.25, -0.2) is 0 Å². The van der Waals surface area contributed by atoms with E-state index in [1.54, 1.807) is 0 Å². The Hall–Kier alpha value is 0.110. The summed E-state index contributed by atoms with van der Waals surface area (Å²) in [6.45, 7) is 3.88. The molecule has 0 saturated carbocycles. The van der Waals surface area contributed by atoms with Crippen molar-refractivity contribution in [3.63, 3.8) is 0 Å². The van der Waals surface area contributed by atoms with Crippen molar-refractivity contribution in [2.45, 2.75) is 13.8 Å². The van der Waals surface area contributed by atoms with Gasteiger partial charge in [-0.1, -0.05) is 29.8 Å². The van der Waals surface area contributed by atoms with E-state index in [4.69, 9.17) is 5.73 Å².